The van der Waals surface area contributed by atoms with E-state index in [1.165, 1.54) is 4.90 Å². The Morgan fingerprint density at radius 1 is 1.29 bits per heavy atom. The van der Waals surface area contributed by atoms with Crippen molar-refractivity contribution in [1.29, 1.82) is 0 Å². The molecule has 6 nitrogen and oxygen atoms in total. The Hall–Kier alpha value is -2.90. The zero-order valence-electron chi connectivity index (χ0n) is 15.3. The van der Waals surface area contributed by atoms with Gasteiger partial charge in [-0.3, -0.25) is 9.59 Å². The number of hydrogen-bond donors (Lipinski definition) is 1. The van der Waals surface area contributed by atoms with Gasteiger partial charge in [0.25, 0.3) is 5.91 Å². The van der Waals surface area contributed by atoms with Gasteiger partial charge in [-0.15, -0.1) is 0 Å². The zero-order valence-corrected chi connectivity index (χ0v) is 15.3. The van der Waals surface area contributed by atoms with Crippen molar-refractivity contribution in [2.24, 2.45) is 0 Å². The Morgan fingerprint density at radius 3 is 2.89 bits per heavy atom. The normalized spacial score (nSPS) is 16.5. The highest BCUT2D eigenvalue weighted by Crippen LogP contribution is 2.38. The van der Waals surface area contributed by atoms with Crippen LogP contribution in [0.4, 0.5) is 8.78 Å². The molecule has 0 radical (unpaired) electrons. The van der Waals surface area contributed by atoms with Crippen molar-refractivity contribution in [2.45, 2.75) is 38.1 Å². The van der Waals surface area contributed by atoms with Gasteiger partial charge < -0.3 is 10.2 Å². The van der Waals surface area contributed by atoms with Gasteiger partial charge >= 0.3 is 0 Å². The Balaban J connectivity index is 1.40. The number of amides is 2. The summed E-state index contributed by atoms with van der Waals surface area (Å²) in [6.45, 7) is 0.129. The summed E-state index contributed by atoms with van der Waals surface area (Å²) in [6, 6.07) is 3.07. The molecule has 1 aromatic heterocycles. The van der Waals surface area contributed by atoms with Gasteiger partial charge in [-0.2, -0.15) is 0 Å². The molecule has 0 atom stereocenters. The highest BCUT2D eigenvalue weighted by atomic mass is 19.1. The smallest absolute Gasteiger partial charge is 0.257 e. The Labute approximate surface area is 161 Å². The number of benzene rings is 1. The van der Waals surface area contributed by atoms with E-state index in [-0.39, 0.29) is 24.6 Å². The third kappa shape index (κ3) is 4.00. The predicted octanol–water partition coefficient (Wildman–Crippen LogP) is 2.34. The molecule has 146 valence electrons. The lowest BCUT2D eigenvalue weighted by Crippen LogP contribution is -2.40. The van der Waals surface area contributed by atoms with Crippen molar-refractivity contribution in [3.8, 4) is 0 Å². The van der Waals surface area contributed by atoms with Crippen LogP contribution in [0.1, 0.15) is 52.6 Å². The Bertz CT molecular complexity index is 930. The lowest BCUT2D eigenvalue weighted by atomic mass is 10.1. The molecular weight excluding hydrogens is 366 g/mol. The van der Waals surface area contributed by atoms with Gasteiger partial charge in [0.1, 0.15) is 17.5 Å². The first kappa shape index (κ1) is 18.5. The summed E-state index contributed by atoms with van der Waals surface area (Å²) in [4.78, 5) is 35.4. The Kier molecular flexibility index (Phi) is 5.02. The summed E-state index contributed by atoms with van der Waals surface area (Å²) in [5.74, 6) is -0.665. The molecular formula is C20H20F2N4O2. The zero-order chi connectivity index (χ0) is 19.7. The van der Waals surface area contributed by atoms with Crippen molar-refractivity contribution in [2.75, 3.05) is 13.1 Å². The van der Waals surface area contributed by atoms with E-state index in [1.54, 1.807) is 6.20 Å². The number of nitrogens with one attached hydrogen (secondary N) is 1. The molecule has 2 heterocycles. The van der Waals surface area contributed by atoms with E-state index < -0.39 is 17.5 Å². The highest BCUT2D eigenvalue weighted by molar-refractivity contribution is 5.97. The summed E-state index contributed by atoms with van der Waals surface area (Å²) in [5, 5.41) is 2.54. The first-order valence-corrected chi connectivity index (χ1v) is 9.37. The molecule has 0 unspecified atom stereocenters. The SMILES string of the molecule is O=C(CN1CCCc2nc(C3CC3)ncc2C1=O)NCc1cc(F)ccc1F. The van der Waals surface area contributed by atoms with Crippen LogP contribution in [0.5, 0.6) is 0 Å². The van der Waals surface area contributed by atoms with Gasteiger partial charge in [0, 0.05) is 30.8 Å². The molecule has 2 amide bonds. The number of halogens is 2. The van der Waals surface area contributed by atoms with Crippen LogP contribution in [-0.2, 0) is 17.8 Å². The maximum Gasteiger partial charge on any atom is 0.257 e. The molecule has 2 aromatic rings. The van der Waals surface area contributed by atoms with Gasteiger partial charge in [0.05, 0.1) is 17.8 Å². The van der Waals surface area contributed by atoms with Crippen molar-refractivity contribution >= 4 is 11.8 Å². The van der Waals surface area contributed by atoms with Crippen molar-refractivity contribution < 1.29 is 18.4 Å². The summed E-state index contributed by atoms with van der Waals surface area (Å²) < 4.78 is 26.9. The van der Waals surface area contributed by atoms with Crippen molar-refractivity contribution in [3.63, 3.8) is 0 Å². The number of nitrogens with zero attached hydrogens (tertiary/aromatic N) is 3. The first-order valence-electron chi connectivity index (χ1n) is 9.37. The third-order valence-electron chi connectivity index (χ3n) is 5.01. The molecule has 1 fully saturated rings. The molecule has 0 saturated heterocycles. The fourth-order valence-electron chi connectivity index (χ4n) is 3.30. The van der Waals surface area contributed by atoms with E-state index >= 15 is 0 Å². The fraction of sp³-hybridized carbons (Fsp3) is 0.400. The van der Waals surface area contributed by atoms with Crippen LogP contribution < -0.4 is 5.32 Å². The van der Waals surface area contributed by atoms with E-state index in [4.69, 9.17) is 0 Å². The molecule has 1 aliphatic heterocycles. The molecule has 1 N–H and O–H groups in total. The maximum absolute atomic E-state index is 13.7. The summed E-state index contributed by atoms with van der Waals surface area (Å²) in [7, 11) is 0. The van der Waals surface area contributed by atoms with Crippen LogP contribution in [0.15, 0.2) is 24.4 Å². The topological polar surface area (TPSA) is 75.2 Å². The highest BCUT2D eigenvalue weighted by Gasteiger charge is 2.30. The fourth-order valence-corrected chi connectivity index (χ4v) is 3.30. The van der Waals surface area contributed by atoms with Crippen LogP contribution in [0, 0.1) is 11.6 Å². The number of carbonyl (C=O) groups excluding carboxylic acids is 2. The monoisotopic (exact) mass is 386 g/mol. The van der Waals surface area contributed by atoms with Crippen LogP contribution in [0.25, 0.3) is 0 Å². The number of rotatable bonds is 5. The molecule has 1 aromatic carbocycles. The number of hydrogen-bond acceptors (Lipinski definition) is 4. The molecule has 2 aliphatic rings. The summed E-state index contributed by atoms with van der Waals surface area (Å²) >= 11 is 0. The minimum Gasteiger partial charge on any atom is -0.350 e. The van der Waals surface area contributed by atoms with Crippen LogP contribution in [-0.4, -0.2) is 39.8 Å². The van der Waals surface area contributed by atoms with Crippen LogP contribution >= 0.6 is 0 Å². The summed E-state index contributed by atoms with van der Waals surface area (Å²) in [5.41, 5.74) is 1.24. The second-order valence-corrected chi connectivity index (χ2v) is 7.21. The molecule has 0 spiro atoms. The average molecular weight is 386 g/mol. The summed E-state index contributed by atoms with van der Waals surface area (Å²) in [6.07, 6.45) is 5.11. The number of fused-ring (bicyclic) bond motifs is 1. The van der Waals surface area contributed by atoms with E-state index in [1.807, 2.05) is 0 Å². The minimum atomic E-state index is -0.593. The lowest BCUT2D eigenvalue weighted by Gasteiger charge is -2.20. The Morgan fingerprint density at radius 2 is 2.11 bits per heavy atom. The third-order valence-corrected chi connectivity index (χ3v) is 5.01. The van der Waals surface area contributed by atoms with E-state index in [2.05, 4.69) is 15.3 Å². The minimum absolute atomic E-state index is 0.0573. The number of aromatic nitrogens is 2. The lowest BCUT2D eigenvalue weighted by molar-refractivity contribution is -0.122. The van der Waals surface area contributed by atoms with Crippen molar-refractivity contribution in [3.05, 3.63) is 58.7 Å². The molecule has 28 heavy (non-hydrogen) atoms. The molecule has 4 rings (SSSR count). The molecule has 8 heteroatoms. The first-order chi connectivity index (χ1) is 13.5. The van der Waals surface area contributed by atoms with E-state index in [0.717, 1.165) is 42.6 Å². The largest absolute Gasteiger partial charge is 0.350 e. The molecule has 1 aliphatic carbocycles. The van der Waals surface area contributed by atoms with Gasteiger partial charge in [0.2, 0.25) is 5.91 Å². The van der Waals surface area contributed by atoms with Gasteiger partial charge in [-0.05, 0) is 43.9 Å². The quantitative estimate of drug-likeness (QED) is 0.856. The molecule has 0 bridgehead atoms. The van der Waals surface area contributed by atoms with Crippen LogP contribution in [0.2, 0.25) is 0 Å². The standard InChI is InChI=1S/C20H20F2N4O2/c21-14-5-6-16(22)13(8-14)9-23-18(27)11-26-7-1-2-17-15(20(26)28)10-24-19(25-17)12-3-4-12/h5-6,8,10,12H,1-4,7,9,11H2,(H,23,27). The van der Waals surface area contributed by atoms with Gasteiger partial charge in [-0.25, -0.2) is 18.7 Å². The maximum atomic E-state index is 13.7. The van der Waals surface area contributed by atoms with Crippen molar-refractivity contribution in [1.82, 2.24) is 20.2 Å². The number of carbonyl (C=O) groups is 2. The average Bonchev–Trinajstić information content (AvgIpc) is 3.53. The van der Waals surface area contributed by atoms with Crippen LogP contribution in [0.3, 0.4) is 0 Å². The number of aryl methyl sites for hydroxylation is 1. The predicted molar refractivity (Wildman–Crippen MR) is 96.4 cm³/mol. The van der Waals surface area contributed by atoms with Gasteiger partial charge in [0.15, 0.2) is 0 Å². The second-order valence-electron chi connectivity index (χ2n) is 7.21. The molecule has 1 saturated carbocycles. The van der Waals surface area contributed by atoms with E-state index in [0.29, 0.717) is 30.9 Å². The van der Waals surface area contributed by atoms with Gasteiger partial charge in [-0.1, -0.05) is 0 Å². The van der Waals surface area contributed by atoms with E-state index in [9.17, 15) is 18.4 Å². The second kappa shape index (κ2) is 7.61.